The number of rotatable bonds is 5. The summed E-state index contributed by atoms with van der Waals surface area (Å²) >= 11 is 0. The molecule has 1 aromatic carbocycles. The summed E-state index contributed by atoms with van der Waals surface area (Å²) in [5.41, 5.74) is 1.48. The predicted octanol–water partition coefficient (Wildman–Crippen LogP) is 0.984. The van der Waals surface area contributed by atoms with Crippen LogP contribution in [0, 0.1) is 17.7 Å². The van der Waals surface area contributed by atoms with Crippen LogP contribution in [-0.4, -0.2) is 41.4 Å². The molecule has 0 amide bonds. The Kier molecular flexibility index (Phi) is 6.37. The number of hydrogen-bond acceptors (Lipinski definition) is 3. The molecule has 3 nitrogen and oxygen atoms in total. The number of aliphatic hydroxyl groups is 2. The molecule has 98 valence electrons. The topological polar surface area (TPSA) is 43.7 Å². The fraction of sp³-hybridized carbons (Fsp3) is 0.429. The van der Waals surface area contributed by atoms with Gasteiger partial charge in [0.1, 0.15) is 12.4 Å². The maximum Gasteiger partial charge on any atom is 0.124 e. The highest BCUT2D eigenvalue weighted by Crippen LogP contribution is 2.13. The number of halogens is 1. The molecule has 0 aliphatic carbocycles. The second kappa shape index (κ2) is 7.83. The van der Waals surface area contributed by atoms with Crippen molar-refractivity contribution < 1.29 is 14.6 Å². The van der Waals surface area contributed by atoms with E-state index in [0.29, 0.717) is 18.7 Å². The fourth-order valence-electron chi connectivity index (χ4n) is 1.67. The van der Waals surface area contributed by atoms with Crippen LogP contribution < -0.4 is 0 Å². The van der Waals surface area contributed by atoms with Crippen molar-refractivity contribution in [1.29, 1.82) is 0 Å². The summed E-state index contributed by atoms with van der Waals surface area (Å²) in [7, 11) is 0. The Morgan fingerprint density at radius 1 is 1.33 bits per heavy atom. The highest BCUT2D eigenvalue weighted by molar-refractivity contribution is 5.41. The minimum absolute atomic E-state index is 0.0900. The lowest BCUT2D eigenvalue weighted by molar-refractivity contribution is 0.196. The van der Waals surface area contributed by atoms with Gasteiger partial charge in [0.05, 0.1) is 6.61 Å². The number of hydrogen-bond donors (Lipinski definition) is 2. The summed E-state index contributed by atoms with van der Waals surface area (Å²) in [6, 6.07) is 4.45. The smallest absolute Gasteiger partial charge is 0.124 e. The maximum atomic E-state index is 13.2. The van der Waals surface area contributed by atoms with Gasteiger partial charge in [-0.15, -0.1) is 0 Å². The number of benzene rings is 1. The molecule has 2 N–H and O–H groups in total. The molecule has 0 heterocycles. The van der Waals surface area contributed by atoms with Gasteiger partial charge in [0.2, 0.25) is 0 Å². The summed E-state index contributed by atoms with van der Waals surface area (Å²) < 4.78 is 13.2. The molecule has 0 atom stereocenters. The lowest BCUT2D eigenvalue weighted by Gasteiger charge is -2.19. The first-order valence-electron chi connectivity index (χ1n) is 5.92. The summed E-state index contributed by atoms with van der Waals surface area (Å²) in [5.74, 6) is 4.93. The van der Waals surface area contributed by atoms with Gasteiger partial charge in [0, 0.05) is 18.7 Å². The van der Waals surface area contributed by atoms with Crippen LogP contribution in [0.4, 0.5) is 4.39 Å². The van der Waals surface area contributed by atoms with Gasteiger partial charge in [0.15, 0.2) is 0 Å². The predicted molar refractivity (Wildman–Crippen MR) is 68.4 cm³/mol. The first kappa shape index (κ1) is 14.7. The van der Waals surface area contributed by atoms with Crippen LogP contribution >= 0.6 is 0 Å². The van der Waals surface area contributed by atoms with E-state index < -0.39 is 0 Å². The van der Waals surface area contributed by atoms with Crippen LogP contribution in [0.25, 0.3) is 0 Å². The van der Waals surface area contributed by atoms with E-state index in [1.165, 1.54) is 12.1 Å². The molecule has 18 heavy (non-hydrogen) atoms. The van der Waals surface area contributed by atoms with Crippen molar-refractivity contribution in [1.82, 2.24) is 4.90 Å². The zero-order chi connectivity index (χ0) is 13.4. The zero-order valence-electron chi connectivity index (χ0n) is 10.5. The third-order valence-electron chi connectivity index (χ3n) is 2.63. The van der Waals surface area contributed by atoms with Crippen LogP contribution in [0.3, 0.4) is 0 Å². The van der Waals surface area contributed by atoms with Crippen molar-refractivity contribution in [3.8, 4) is 11.8 Å². The van der Waals surface area contributed by atoms with Crippen molar-refractivity contribution in [2.75, 3.05) is 26.3 Å². The van der Waals surface area contributed by atoms with Crippen molar-refractivity contribution in [2.45, 2.75) is 13.5 Å². The van der Waals surface area contributed by atoms with Gasteiger partial charge >= 0.3 is 0 Å². The third kappa shape index (κ3) is 4.46. The van der Waals surface area contributed by atoms with Crippen LogP contribution in [0.2, 0.25) is 0 Å². The number of likely N-dealkylation sites (N-methyl/N-ethyl adjacent to an activating group) is 1. The quantitative estimate of drug-likeness (QED) is 0.767. The van der Waals surface area contributed by atoms with Crippen molar-refractivity contribution >= 4 is 0 Å². The fourth-order valence-corrected chi connectivity index (χ4v) is 1.67. The largest absolute Gasteiger partial charge is 0.395 e. The van der Waals surface area contributed by atoms with Gasteiger partial charge in [-0.2, -0.15) is 0 Å². The van der Waals surface area contributed by atoms with Crippen LogP contribution in [0.15, 0.2) is 18.2 Å². The van der Waals surface area contributed by atoms with Gasteiger partial charge in [0.25, 0.3) is 0 Å². The van der Waals surface area contributed by atoms with Gasteiger partial charge < -0.3 is 10.2 Å². The van der Waals surface area contributed by atoms with Crippen LogP contribution in [0.1, 0.15) is 18.1 Å². The van der Waals surface area contributed by atoms with E-state index in [0.717, 1.165) is 12.1 Å². The molecule has 0 spiro atoms. The Labute approximate surface area is 107 Å². The lowest BCUT2D eigenvalue weighted by atomic mass is 10.1. The van der Waals surface area contributed by atoms with Gasteiger partial charge in [-0.3, -0.25) is 4.90 Å². The Balaban J connectivity index is 2.92. The Morgan fingerprint density at radius 2 is 2.11 bits per heavy atom. The molecule has 0 unspecified atom stereocenters. The maximum absolute atomic E-state index is 13.2. The molecular formula is C14H18FNO2. The van der Waals surface area contributed by atoms with Gasteiger partial charge in [-0.25, -0.2) is 4.39 Å². The SMILES string of the molecule is CCN(CCO)Cc1ccc(F)cc1C#CCO. The standard InChI is InChI=1S/C14H18FNO2/c1-2-16(7-9-18)11-13-5-6-14(15)10-12(13)4-3-8-17/h5-6,10,17-18H,2,7-9,11H2,1H3. The lowest BCUT2D eigenvalue weighted by Crippen LogP contribution is -2.26. The van der Waals surface area contributed by atoms with E-state index in [4.69, 9.17) is 10.2 Å². The molecule has 0 saturated heterocycles. The highest BCUT2D eigenvalue weighted by atomic mass is 19.1. The molecule has 4 heteroatoms. The first-order chi connectivity index (χ1) is 8.71. The van der Waals surface area contributed by atoms with Crippen molar-refractivity contribution in [3.05, 3.63) is 35.1 Å². The average molecular weight is 251 g/mol. The molecular weight excluding hydrogens is 233 g/mol. The molecule has 0 aromatic heterocycles. The van der Waals surface area contributed by atoms with E-state index in [2.05, 4.69) is 11.8 Å². The van der Waals surface area contributed by atoms with E-state index in [-0.39, 0.29) is 19.0 Å². The second-order valence-electron chi connectivity index (χ2n) is 3.85. The van der Waals surface area contributed by atoms with Crippen molar-refractivity contribution in [3.63, 3.8) is 0 Å². The first-order valence-corrected chi connectivity index (χ1v) is 5.92. The minimum atomic E-state index is -0.341. The number of aliphatic hydroxyl groups excluding tert-OH is 2. The summed E-state index contributed by atoms with van der Waals surface area (Å²) in [6.45, 7) is 3.81. The molecule has 0 aliphatic rings. The van der Waals surface area contributed by atoms with E-state index in [1.54, 1.807) is 6.07 Å². The zero-order valence-corrected chi connectivity index (χ0v) is 10.5. The van der Waals surface area contributed by atoms with Crippen molar-refractivity contribution in [2.24, 2.45) is 0 Å². The second-order valence-corrected chi connectivity index (χ2v) is 3.85. The number of nitrogens with zero attached hydrogens (tertiary/aromatic N) is 1. The van der Waals surface area contributed by atoms with Gasteiger partial charge in [-0.05, 0) is 24.2 Å². The van der Waals surface area contributed by atoms with Crippen LogP contribution in [0.5, 0.6) is 0 Å². The molecule has 1 aromatic rings. The monoisotopic (exact) mass is 251 g/mol. The molecule has 1 rings (SSSR count). The average Bonchev–Trinajstić information content (AvgIpc) is 2.38. The molecule has 0 aliphatic heterocycles. The summed E-state index contributed by atoms with van der Waals surface area (Å²) in [6.07, 6.45) is 0. The Hall–Kier alpha value is -1.41. The minimum Gasteiger partial charge on any atom is -0.395 e. The molecule has 0 saturated carbocycles. The Bertz CT molecular complexity index is 437. The highest BCUT2D eigenvalue weighted by Gasteiger charge is 2.07. The normalized spacial score (nSPS) is 10.3. The molecule has 0 bridgehead atoms. The molecule has 0 fully saturated rings. The Morgan fingerprint density at radius 3 is 2.72 bits per heavy atom. The van der Waals surface area contributed by atoms with E-state index in [1.807, 2.05) is 11.8 Å². The van der Waals surface area contributed by atoms with Crippen LogP contribution in [-0.2, 0) is 6.54 Å². The molecule has 0 radical (unpaired) electrons. The van der Waals surface area contributed by atoms with E-state index >= 15 is 0 Å². The third-order valence-corrected chi connectivity index (χ3v) is 2.63. The van der Waals surface area contributed by atoms with E-state index in [9.17, 15) is 4.39 Å². The van der Waals surface area contributed by atoms with Gasteiger partial charge in [-0.1, -0.05) is 24.8 Å². The summed E-state index contributed by atoms with van der Waals surface area (Å²) in [5, 5.41) is 17.6. The summed E-state index contributed by atoms with van der Waals surface area (Å²) in [4.78, 5) is 2.04.